The van der Waals surface area contributed by atoms with E-state index in [0.29, 0.717) is 29.4 Å². The van der Waals surface area contributed by atoms with Gasteiger partial charge in [0, 0.05) is 18.7 Å². The molecule has 0 radical (unpaired) electrons. The number of rotatable bonds is 6. The number of anilines is 2. The van der Waals surface area contributed by atoms with E-state index in [2.05, 4.69) is 17.4 Å². The average Bonchev–Trinajstić information content (AvgIpc) is 3.27. The molecule has 0 heterocycles. The van der Waals surface area contributed by atoms with Gasteiger partial charge in [-0.1, -0.05) is 36.4 Å². The minimum Gasteiger partial charge on any atom is -0.457 e. The summed E-state index contributed by atoms with van der Waals surface area (Å²) in [5.41, 5.74) is 9.24. The smallest absolute Gasteiger partial charge is 0.412 e. The molecule has 0 atom stereocenters. The van der Waals surface area contributed by atoms with Crippen LogP contribution in [0.15, 0.2) is 66.7 Å². The Morgan fingerprint density at radius 1 is 0.850 bits per heavy atom. The van der Waals surface area contributed by atoms with Crippen molar-refractivity contribution in [1.29, 1.82) is 0 Å². The van der Waals surface area contributed by atoms with Gasteiger partial charge in [0.25, 0.3) is 0 Å². The normalized spacial score (nSPS) is 13.3. The topological polar surface area (TPSA) is 103 Å². The summed E-state index contributed by atoms with van der Waals surface area (Å²) in [5, 5.41) is 2.65. The van der Waals surface area contributed by atoms with Crippen molar-refractivity contribution in [2.24, 2.45) is 0 Å². The van der Waals surface area contributed by atoms with Gasteiger partial charge in [0.1, 0.15) is 22.7 Å². The Labute approximate surface area is 236 Å². The fourth-order valence-corrected chi connectivity index (χ4v) is 4.55. The number of hydrogen-bond donors (Lipinski definition) is 2. The monoisotopic (exact) mass is 545 g/mol. The first-order valence-corrected chi connectivity index (χ1v) is 13.5. The highest BCUT2D eigenvalue weighted by Gasteiger charge is 2.32. The average molecular weight is 546 g/mol. The molecule has 0 unspecified atom stereocenters. The molecule has 1 aliphatic rings. The molecule has 0 saturated heterocycles. The first-order valence-electron chi connectivity index (χ1n) is 13.5. The van der Waals surface area contributed by atoms with Gasteiger partial charge in [-0.3, -0.25) is 5.32 Å². The minimum atomic E-state index is -0.611. The molecule has 0 fully saturated rings. The number of amides is 2. The molecule has 3 N–H and O–H groups in total. The number of benzene rings is 3. The Hall–Kier alpha value is -4.20. The Morgan fingerprint density at radius 2 is 1.43 bits per heavy atom. The van der Waals surface area contributed by atoms with Crippen LogP contribution in [0.2, 0.25) is 0 Å². The first-order chi connectivity index (χ1) is 18.8. The third-order valence-electron chi connectivity index (χ3n) is 6.27. The maximum absolute atomic E-state index is 13.2. The SMILES string of the molecule is CC(C)(C)OC(=O)Nc1ccc(Oc2ccc(CN(C(=O)OC(C)(C)C)C3Cc4ccccc4C3)cc2)cc1N. The van der Waals surface area contributed by atoms with Crippen LogP contribution in [0, 0.1) is 0 Å². The molecular formula is C32H39N3O5. The standard InChI is InChI=1S/C32H39N3O5/c1-31(2,3)39-29(36)34-28-16-15-26(19-27(28)33)38-25-13-11-21(12-14-25)20-35(30(37)40-32(4,5)6)24-17-22-9-7-8-10-23(22)18-24/h7-16,19,24H,17-18,20,33H2,1-6H3,(H,34,36). The van der Waals surface area contributed by atoms with Gasteiger partial charge in [-0.2, -0.15) is 0 Å². The van der Waals surface area contributed by atoms with E-state index in [4.69, 9.17) is 19.9 Å². The maximum Gasteiger partial charge on any atom is 0.412 e. The molecule has 212 valence electrons. The molecule has 4 rings (SSSR count). The van der Waals surface area contributed by atoms with Crippen LogP contribution in [-0.2, 0) is 28.9 Å². The first kappa shape index (κ1) is 28.8. The van der Waals surface area contributed by atoms with E-state index < -0.39 is 17.3 Å². The second-order valence-electron chi connectivity index (χ2n) is 12.1. The van der Waals surface area contributed by atoms with Crippen LogP contribution in [0.1, 0.15) is 58.2 Å². The van der Waals surface area contributed by atoms with Crippen molar-refractivity contribution in [3.8, 4) is 11.5 Å². The predicted octanol–water partition coefficient (Wildman–Crippen LogP) is 7.31. The molecule has 0 aromatic heterocycles. The van der Waals surface area contributed by atoms with Gasteiger partial charge in [0.2, 0.25) is 0 Å². The van der Waals surface area contributed by atoms with E-state index in [-0.39, 0.29) is 12.1 Å². The lowest BCUT2D eigenvalue weighted by molar-refractivity contribution is 0.0148. The van der Waals surface area contributed by atoms with Crippen LogP contribution in [0.4, 0.5) is 21.0 Å². The number of ether oxygens (including phenoxy) is 3. The largest absolute Gasteiger partial charge is 0.457 e. The highest BCUT2D eigenvalue weighted by atomic mass is 16.6. The molecule has 3 aromatic carbocycles. The Kier molecular flexibility index (Phi) is 8.28. The second kappa shape index (κ2) is 11.5. The summed E-state index contributed by atoms with van der Waals surface area (Å²) in [6, 6.07) is 21.0. The Morgan fingerprint density at radius 3 is 1.98 bits per heavy atom. The molecule has 0 aliphatic heterocycles. The van der Waals surface area contributed by atoms with Crippen molar-refractivity contribution in [3.63, 3.8) is 0 Å². The number of hydrogen-bond acceptors (Lipinski definition) is 6. The number of fused-ring (bicyclic) bond motifs is 1. The van der Waals surface area contributed by atoms with Crippen molar-refractivity contribution in [2.75, 3.05) is 11.1 Å². The molecule has 1 aliphatic carbocycles. The van der Waals surface area contributed by atoms with Crippen molar-refractivity contribution < 1.29 is 23.8 Å². The Balaban J connectivity index is 1.42. The summed E-state index contributed by atoms with van der Waals surface area (Å²) < 4.78 is 17.0. The number of nitrogens with zero attached hydrogens (tertiary/aromatic N) is 1. The van der Waals surface area contributed by atoms with Crippen molar-refractivity contribution in [2.45, 2.75) is 78.2 Å². The fourth-order valence-electron chi connectivity index (χ4n) is 4.55. The molecule has 0 spiro atoms. The third kappa shape index (κ3) is 7.91. The lowest BCUT2D eigenvalue weighted by atomic mass is 10.1. The summed E-state index contributed by atoms with van der Waals surface area (Å²) in [6.45, 7) is 11.4. The highest BCUT2D eigenvalue weighted by Crippen LogP contribution is 2.30. The zero-order valence-electron chi connectivity index (χ0n) is 24.1. The molecule has 40 heavy (non-hydrogen) atoms. The van der Waals surface area contributed by atoms with Gasteiger partial charge in [-0.25, -0.2) is 9.59 Å². The quantitative estimate of drug-likeness (QED) is 0.315. The molecule has 2 amide bonds. The lowest BCUT2D eigenvalue weighted by Crippen LogP contribution is -2.43. The van der Waals surface area contributed by atoms with E-state index >= 15 is 0 Å². The van der Waals surface area contributed by atoms with Gasteiger partial charge in [-0.15, -0.1) is 0 Å². The Bertz CT molecular complexity index is 1330. The van der Waals surface area contributed by atoms with Gasteiger partial charge < -0.3 is 24.8 Å². The molecular weight excluding hydrogens is 506 g/mol. The summed E-state index contributed by atoms with van der Waals surface area (Å²) in [6.07, 6.45) is 0.708. The van der Waals surface area contributed by atoms with Crippen molar-refractivity contribution in [3.05, 3.63) is 83.4 Å². The van der Waals surface area contributed by atoms with Crippen LogP contribution in [0.3, 0.4) is 0 Å². The van der Waals surface area contributed by atoms with Gasteiger partial charge in [0.15, 0.2) is 0 Å². The van der Waals surface area contributed by atoms with Crippen molar-refractivity contribution >= 4 is 23.6 Å². The second-order valence-corrected chi connectivity index (χ2v) is 12.1. The van der Waals surface area contributed by atoms with Gasteiger partial charge in [0.05, 0.1) is 11.4 Å². The van der Waals surface area contributed by atoms with E-state index in [0.717, 1.165) is 18.4 Å². The fraction of sp³-hybridized carbons (Fsp3) is 0.375. The summed E-state index contributed by atoms with van der Waals surface area (Å²) in [4.78, 5) is 27.1. The van der Waals surface area contributed by atoms with Crippen LogP contribution in [-0.4, -0.2) is 34.3 Å². The van der Waals surface area contributed by atoms with Crippen LogP contribution in [0.25, 0.3) is 0 Å². The third-order valence-corrected chi connectivity index (χ3v) is 6.27. The molecule has 8 nitrogen and oxygen atoms in total. The van der Waals surface area contributed by atoms with Crippen LogP contribution >= 0.6 is 0 Å². The van der Waals surface area contributed by atoms with E-state index in [1.807, 2.05) is 62.1 Å². The van der Waals surface area contributed by atoms with Gasteiger partial charge >= 0.3 is 12.2 Å². The number of nitrogen functional groups attached to an aromatic ring is 1. The van der Waals surface area contributed by atoms with E-state index in [1.165, 1.54) is 11.1 Å². The van der Waals surface area contributed by atoms with Crippen molar-refractivity contribution in [1.82, 2.24) is 4.90 Å². The van der Waals surface area contributed by atoms with E-state index in [1.54, 1.807) is 39.0 Å². The molecule has 0 saturated carbocycles. The summed E-state index contributed by atoms with van der Waals surface area (Å²) in [5.74, 6) is 1.15. The van der Waals surface area contributed by atoms with Crippen LogP contribution in [0.5, 0.6) is 11.5 Å². The zero-order valence-corrected chi connectivity index (χ0v) is 24.1. The molecule has 8 heteroatoms. The van der Waals surface area contributed by atoms with E-state index in [9.17, 15) is 9.59 Å². The number of nitrogens with one attached hydrogen (secondary N) is 1. The summed E-state index contributed by atoms with van der Waals surface area (Å²) >= 11 is 0. The number of carbonyl (C=O) groups excluding carboxylic acids is 2. The predicted molar refractivity (Wildman–Crippen MR) is 157 cm³/mol. The molecule has 3 aromatic rings. The van der Waals surface area contributed by atoms with Crippen LogP contribution < -0.4 is 15.8 Å². The maximum atomic E-state index is 13.2. The number of carbonyl (C=O) groups is 2. The zero-order chi connectivity index (χ0) is 29.1. The van der Waals surface area contributed by atoms with Gasteiger partial charge in [-0.05, 0) is 95.3 Å². The minimum absolute atomic E-state index is 0.0268. The lowest BCUT2D eigenvalue weighted by Gasteiger charge is -2.31. The highest BCUT2D eigenvalue weighted by molar-refractivity contribution is 5.89. The number of nitrogens with two attached hydrogens (primary N) is 1. The summed E-state index contributed by atoms with van der Waals surface area (Å²) in [7, 11) is 0. The molecule has 0 bridgehead atoms.